The first-order valence-electron chi connectivity index (χ1n) is 10.9. The summed E-state index contributed by atoms with van der Waals surface area (Å²) < 4.78 is 5.72. The first-order chi connectivity index (χ1) is 15.0. The molecule has 1 aromatic heterocycles. The van der Waals surface area contributed by atoms with E-state index >= 15 is 0 Å². The lowest BCUT2D eigenvalue weighted by atomic mass is 10.0. The van der Waals surface area contributed by atoms with Crippen LogP contribution in [0.3, 0.4) is 0 Å². The number of ether oxygens (including phenoxy) is 1. The molecule has 1 aliphatic rings. The molecule has 6 nitrogen and oxygen atoms in total. The van der Waals surface area contributed by atoms with Crippen LogP contribution in [-0.4, -0.2) is 35.2 Å². The van der Waals surface area contributed by atoms with Gasteiger partial charge in [-0.15, -0.1) is 11.3 Å². The summed E-state index contributed by atoms with van der Waals surface area (Å²) in [6, 6.07) is 10.7. The van der Waals surface area contributed by atoms with E-state index < -0.39 is 18.2 Å². The molecule has 7 heteroatoms. The summed E-state index contributed by atoms with van der Waals surface area (Å²) in [5.74, 6) is -0.941. The Hall–Kier alpha value is -2.22. The Balaban J connectivity index is 1.74. The van der Waals surface area contributed by atoms with E-state index in [1.54, 1.807) is 24.1 Å². The molecule has 2 heterocycles. The minimum absolute atomic E-state index is 0.0231. The normalized spacial score (nSPS) is 18.4. The van der Waals surface area contributed by atoms with Gasteiger partial charge in [-0.05, 0) is 42.7 Å². The van der Waals surface area contributed by atoms with Gasteiger partial charge in [0.25, 0.3) is 0 Å². The van der Waals surface area contributed by atoms with Crippen LogP contribution in [0.2, 0.25) is 0 Å². The summed E-state index contributed by atoms with van der Waals surface area (Å²) in [5, 5.41) is 19.7. The van der Waals surface area contributed by atoms with Gasteiger partial charge < -0.3 is 19.8 Å². The average Bonchev–Trinajstić information content (AvgIpc) is 3.40. The molecule has 0 bridgehead atoms. The molecular formula is C24H31NO5S. The van der Waals surface area contributed by atoms with Crippen molar-refractivity contribution in [2.75, 3.05) is 12.0 Å². The third-order valence-corrected chi connectivity index (χ3v) is 7.00. The SMILES string of the molecule is CCCCCCC(O)c1ccc(N2C(=O)CCC2[C@@H](OC)c2ccc(C(=O)O)s2)cc1. The van der Waals surface area contributed by atoms with Gasteiger partial charge in [0.15, 0.2) is 0 Å². The molecule has 0 saturated carbocycles. The smallest absolute Gasteiger partial charge is 0.345 e. The highest BCUT2D eigenvalue weighted by Gasteiger charge is 2.39. The Kier molecular flexibility index (Phi) is 8.23. The van der Waals surface area contributed by atoms with Gasteiger partial charge in [-0.1, -0.05) is 44.7 Å². The lowest BCUT2D eigenvalue weighted by molar-refractivity contribution is -0.117. The van der Waals surface area contributed by atoms with E-state index in [-0.39, 0.29) is 16.8 Å². The van der Waals surface area contributed by atoms with Crippen molar-refractivity contribution in [3.63, 3.8) is 0 Å². The van der Waals surface area contributed by atoms with Crippen molar-refractivity contribution >= 4 is 28.9 Å². The summed E-state index contributed by atoms with van der Waals surface area (Å²) in [5.41, 5.74) is 1.63. The molecule has 2 aromatic rings. The number of benzene rings is 1. The van der Waals surface area contributed by atoms with Gasteiger partial charge in [-0.3, -0.25) is 4.79 Å². The van der Waals surface area contributed by atoms with Crippen molar-refractivity contribution in [2.45, 2.75) is 70.1 Å². The molecule has 31 heavy (non-hydrogen) atoms. The number of aliphatic hydroxyl groups is 1. The molecular weight excluding hydrogens is 414 g/mol. The Morgan fingerprint density at radius 1 is 1.19 bits per heavy atom. The minimum atomic E-state index is -0.964. The maximum absolute atomic E-state index is 12.7. The highest BCUT2D eigenvalue weighted by molar-refractivity contribution is 7.14. The van der Waals surface area contributed by atoms with E-state index in [9.17, 15) is 19.8 Å². The maximum Gasteiger partial charge on any atom is 0.345 e. The molecule has 1 aromatic carbocycles. The Labute approximate surface area is 187 Å². The lowest BCUT2D eigenvalue weighted by Crippen LogP contribution is -2.37. The van der Waals surface area contributed by atoms with Crippen molar-refractivity contribution in [1.82, 2.24) is 0 Å². The fourth-order valence-electron chi connectivity index (χ4n) is 4.20. The van der Waals surface area contributed by atoms with Gasteiger partial charge in [0.05, 0.1) is 12.1 Å². The molecule has 2 N–H and O–H groups in total. The number of aromatic carboxylic acids is 1. The largest absolute Gasteiger partial charge is 0.477 e. The van der Waals surface area contributed by atoms with Crippen molar-refractivity contribution in [2.24, 2.45) is 0 Å². The Morgan fingerprint density at radius 2 is 1.94 bits per heavy atom. The summed E-state index contributed by atoms with van der Waals surface area (Å²) in [6.45, 7) is 2.17. The average molecular weight is 446 g/mol. The number of nitrogens with zero attached hydrogens (tertiary/aromatic N) is 1. The number of hydrogen-bond acceptors (Lipinski definition) is 5. The van der Waals surface area contributed by atoms with Gasteiger partial charge in [0.1, 0.15) is 11.0 Å². The topological polar surface area (TPSA) is 87.1 Å². The van der Waals surface area contributed by atoms with Gasteiger partial charge in [0, 0.05) is 24.1 Å². The predicted molar refractivity (Wildman–Crippen MR) is 122 cm³/mol. The first-order valence-corrected chi connectivity index (χ1v) is 11.7. The van der Waals surface area contributed by atoms with Crippen LogP contribution >= 0.6 is 11.3 Å². The molecule has 2 unspecified atom stereocenters. The van der Waals surface area contributed by atoms with Crippen molar-refractivity contribution in [3.05, 3.63) is 51.7 Å². The van der Waals surface area contributed by atoms with Crippen LogP contribution in [0.4, 0.5) is 5.69 Å². The summed E-state index contributed by atoms with van der Waals surface area (Å²) in [7, 11) is 1.59. The highest BCUT2D eigenvalue weighted by Crippen LogP contribution is 2.38. The zero-order valence-electron chi connectivity index (χ0n) is 18.1. The molecule has 1 aliphatic heterocycles. The zero-order valence-corrected chi connectivity index (χ0v) is 18.9. The second-order valence-corrected chi connectivity index (χ2v) is 9.11. The number of unbranched alkanes of at least 4 members (excludes halogenated alkanes) is 3. The van der Waals surface area contributed by atoms with Crippen LogP contribution in [0.25, 0.3) is 0 Å². The third kappa shape index (κ3) is 5.53. The van der Waals surface area contributed by atoms with Crippen LogP contribution in [-0.2, 0) is 9.53 Å². The van der Waals surface area contributed by atoms with Crippen LogP contribution in [0.5, 0.6) is 0 Å². The number of amides is 1. The third-order valence-electron chi connectivity index (χ3n) is 5.86. The zero-order chi connectivity index (χ0) is 22.4. The van der Waals surface area contributed by atoms with Crippen LogP contribution in [0.1, 0.15) is 84.2 Å². The predicted octanol–water partition coefficient (Wildman–Crippen LogP) is 5.33. The van der Waals surface area contributed by atoms with Crippen LogP contribution in [0.15, 0.2) is 36.4 Å². The number of hydrogen-bond donors (Lipinski definition) is 2. The van der Waals surface area contributed by atoms with E-state index in [2.05, 4.69) is 6.92 Å². The number of carboxylic acids is 1. The minimum Gasteiger partial charge on any atom is -0.477 e. The van der Waals surface area contributed by atoms with E-state index in [0.29, 0.717) is 12.8 Å². The summed E-state index contributed by atoms with van der Waals surface area (Å²) in [4.78, 5) is 26.8. The number of methoxy groups -OCH3 is 1. The molecule has 0 spiro atoms. The maximum atomic E-state index is 12.7. The molecule has 168 valence electrons. The molecule has 1 saturated heterocycles. The number of aliphatic hydroxyl groups excluding tert-OH is 1. The van der Waals surface area contributed by atoms with Crippen LogP contribution in [0, 0.1) is 0 Å². The van der Waals surface area contributed by atoms with Crippen molar-refractivity contribution in [1.29, 1.82) is 0 Å². The van der Waals surface area contributed by atoms with Gasteiger partial charge in [0.2, 0.25) is 5.91 Å². The van der Waals surface area contributed by atoms with Gasteiger partial charge >= 0.3 is 5.97 Å². The molecule has 3 atom stereocenters. The number of carbonyl (C=O) groups excluding carboxylic acids is 1. The van der Waals surface area contributed by atoms with Gasteiger partial charge in [-0.2, -0.15) is 0 Å². The number of carboxylic acid groups (broad SMARTS) is 1. The number of rotatable bonds is 11. The first kappa shape index (κ1) is 23.4. The summed E-state index contributed by atoms with van der Waals surface area (Å²) in [6.07, 6.45) is 5.38. The standard InChI is InChI=1S/C24H31NO5S/c1-3-4-5-6-7-19(26)16-8-10-17(11-9-16)25-18(12-15-22(25)27)23(30-2)20-13-14-21(31-20)24(28)29/h8-11,13-14,18-19,23,26H,3-7,12,15H2,1-2H3,(H,28,29)/t18?,19?,23-/m1/s1. The van der Waals surface area contributed by atoms with E-state index in [1.807, 2.05) is 24.3 Å². The highest BCUT2D eigenvalue weighted by atomic mass is 32.1. The van der Waals surface area contributed by atoms with E-state index in [4.69, 9.17) is 4.74 Å². The molecule has 0 radical (unpaired) electrons. The lowest BCUT2D eigenvalue weighted by Gasteiger charge is -2.30. The van der Waals surface area contributed by atoms with Gasteiger partial charge in [-0.25, -0.2) is 4.79 Å². The second-order valence-electron chi connectivity index (χ2n) is 7.99. The molecule has 1 fully saturated rings. The molecule has 1 amide bonds. The van der Waals surface area contributed by atoms with Crippen molar-refractivity contribution in [3.8, 4) is 0 Å². The molecule has 3 rings (SSSR count). The Morgan fingerprint density at radius 3 is 2.55 bits per heavy atom. The number of carbonyl (C=O) groups is 2. The fraction of sp³-hybridized carbons (Fsp3) is 0.500. The summed E-state index contributed by atoms with van der Waals surface area (Å²) >= 11 is 1.18. The number of thiophene rings is 1. The van der Waals surface area contributed by atoms with E-state index in [1.165, 1.54) is 24.2 Å². The van der Waals surface area contributed by atoms with Crippen LogP contribution < -0.4 is 4.90 Å². The molecule has 0 aliphatic carbocycles. The number of anilines is 1. The quantitative estimate of drug-likeness (QED) is 0.456. The van der Waals surface area contributed by atoms with E-state index in [0.717, 1.165) is 35.4 Å². The second kappa shape index (κ2) is 10.9. The van der Waals surface area contributed by atoms with Crippen molar-refractivity contribution < 1.29 is 24.5 Å². The Bertz CT molecular complexity index is 878. The monoisotopic (exact) mass is 445 g/mol. The fourth-order valence-corrected chi connectivity index (χ4v) is 5.18.